The molecule has 0 saturated heterocycles. The first kappa shape index (κ1) is 10.0. The van der Waals surface area contributed by atoms with Crippen LogP contribution in [0.5, 0.6) is 0 Å². The SMILES string of the molecule is CCCC/C(N)=C(/C)C(=O)O. The van der Waals surface area contributed by atoms with Crippen molar-refractivity contribution in [2.24, 2.45) is 5.73 Å². The van der Waals surface area contributed by atoms with Crippen molar-refractivity contribution in [3.05, 3.63) is 11.3 Å². The molecule has 3 heteroatoms. The van der Waals surface area contributed by atoms with E-state index in [4.69, 9.17) is 10.8 Å². The lowest BCUT2D eigenvalue weighted by Crippen LogP contribution is -2.07. The summed E-state index contributed by atoms with van der Waals surface area (Å²) in [6.45, 7) is 3.58. The monoisotopic (exact) mass is 157 g/mol. The molecule has 0 amide bonds. The van der Waals surface area contributed by atoms with E-state index in [-0.39, 0.29) is 5.57 Å². The quantitative estimate of drug-likeness (QED) is 0.608. The number of nitrogens with two attached hydrogens (primary N) is 1. The zero-order valence-electron chi connectivity index (χ0n) is 7.05. The smallest absolute Gasteiger partial charge is 0.333 e. The molecule has 0 spiro atoms. The third-order valence-corrected chi connectivity index (χ3v) is 1.60. The van der Waals surface area contributed by atoms with Gasteiger partial charge in [-0.1, -0.05) is 13.3 Å². The molecule has 0 unspecified atom stereocenters. The van der Waals surface area contributed by atoms with Gasteiger partial charge >= 0.3 is 5.97 Å². The van der Waals surface area contributed by atoms with Gasteiger partial charge in [0.1, 0.15) is 0 Å². The van der Waals surface area contributed by atoms with Crippen LogP contribution in [0.3, 0.4) is 0 Å². The summed E-state index contributed by atoms with van der Waals surface area (Å²) in [6.07, 6.45) is 2.68. The number of carboxylic acids is 1. The van der Waals surface area contributed by atoms with Crippen molar-refractivity contribution in [2.75, 3.05) is 0 Å². The van der Waals surface area contributed by atoms with E-state index in [9.17, 15) is 4.79 Å². The minimum absolute atomic E-state index is 0.276. The highest BCUT2D eigenvalue weighted by molar-refractivity contribution is 5.86. The molecule has 0 aliphatic carbocycles. The van der Waals surface area contributed by atoms with E-state index in [1.54, 1.807) is 0 Å². The second-order valence-corrected chi connectivity index (χ2v) is 2.56. The van der Waals surface area contributed by atoms with Crippen molar-refractivity contribution in [3.8, 4) is 0 Å². The van der Waals surface area contributed by atoms with Crippen molar-refractivity contribution in [1.82, 2.24) is 0 Å². The van der Waals surface area contributed by atoms with Crippen LogP contribution in [0.2, 0.25) is 0 Å². The van der Waals surface area contributed by atoms with Gasteiger partial charge in [-0.2, -0.15) is 0 Å². The number of carbonyl (C=O) groups is 1. The van der Waals surface area contributed by atoms with Crippen LogP contribution in [0.4, 0.5) is 0 Å². The lowest BCUT2D eigenvalue weighted by Gasteiger charge is -2.01. The molecule has 0 atom stereocenters. The van der Waals surface area contributed by atoms with Gasteiger partial charge in [-0.05, 0) is 19.8 Å². The van der Waals surface area contributed by atoms with Crippen molar-refractivity contribution >= 4 is 5.97 Å². The van der Waals surface area contributed by atoms with Gasteiger partial charge in [0.15, 0.2) is 0 Å². The number of allylic oxidation sites excluding steroid dienone is 1. The maximum absolute atomic E-state index is 10.4. The Morgan fingerprint density at radius 2 is 2.09 bits per heavy atom. The third-order valence-electron chi connectivity index (χ3n) is 1.60. The summed E-state index contributed by atoms with van der Waals surface area (Å²) in [6, 6.07) is 0. The standard InChI is InChI=1S/C8H15NO2/c1-3-4-5-7(9)6(2)8(10)11/h3-5,9H2,1-2H3,(H,10,11)/b7-6+. The van der Waals surface area contributed by atoms with E-state index in [1.807, 2.05) is 6.92 Å². The highest BCUT2D eigenvalue weighted by Gasteiger charge is 2.04. The number of hydrogen-bond acceptors (Lipinski definition) is 2. The number of aliphatic carboxylic acids is 1. The highest BCUT2D eigenvalue weighted by atomic mass is 16.4. The van der Waals surface area contributed by atoms with Crippen LogP contribution in [-0.2, 0) is 4.79 Å². The second-order valence-electron chi connectivity index (χ2n) is 2.56. The molecule has 3 nitrogen and oxygen atoms in total. The fourth-order valence-corrected chi connectivity index (χ4v) is 0.692. The summed E-state index contributed by atoms with van der Waals surface area (Å²) in [5.41, 5.74) is 6.28. The highest BCUT2D eigenvalue weighted by Crippen LogP contribution is 2.06. The normalized spacial score (nSPS) is 12.5. The van der Waals surface area contributed by atoms with Gasteiger partial charge < -0.3 is 10.8 Å². The van der Waals surface area contributed by atoms with Crippen molar-refractivity contribution in [2.45, 2.75) is 33.1 Å². The van der Waals surface area contributed by atoms with Crippen molar-refractivity contribution < 1.29 is 9.90 Å². The first-order chi connectivity index (χ1) is 5.09. The van der Waals surface area contributed by atoms with Gasteiger partial charge in [0.05, 0.1) is 5.57 Å². The molecule has 0 saturated carbocycles. The molecule has 0 aromatic rings. The Kier molecular flexibility index (Phi) is 4.34. The van der Waals surface area contributed by atoms with Crippen LogP contribution >= 0.6 is 0 Å². The summed E-state index contributed by atoms with van der Waals surface area (Å²) in [7, 11) is 0. The minimum Gasteiger partial charge on any atom is -0.478 e. The lowest BCUT2D eigenvalue weighted by molar-refractivity contribution is -0.132. The number of carboxylic acid groups (broad SMARTS) is 1. The molecule has 0 aromatic carbocycles. The van der Waals surface area contributed by atoms with Gasteiger partial charge in [-0.15, -0.1) is 0 Å². The summed E-state index contributed by atoms with van der Waals surface area (Å²) in [5, 5.41) is 8.51. The molecular formula is C8H15NO2. The first-order valence-electron chi connectivity index (χ1n) is 3.78. The first-order valence-corrected chi connectivity index (χ1v) is 3.78. The van der Waals surface area contributed by atoms with E-state index in [1.165, 1.54) is 6.92 Å². The number of unbranched alkanes of at least 4 members (excludes halogenated alkanes) is 1. The van der Waals surface area contributed by atoms with Crippen LogP contribution in [0, 0.1) is 0 Å². The number of rotatable bonds is 4. The summed E-state index contributed by atoms with van der Waals surface area (Å²) >= 11 is 0. The van der Waals surface area contributed by atoms with Crippen molar-refractivity contribution in [1.29, 1.82) is 0 Å². The van der Waals surface area contributed by atoms with Gasteiger partial charge in [0, 0.05) is 5.70 Å². The van der Waals surface area contributed by atoms with Crippen LogP contribution in [-0.4, -0.2) is 11.1 Å². The van der Waals surface area contributed by atoms with Crippen LogP contribution in [0.25, 0.3) is 0 Å². The van der Waals surface area contributed by atoms with E-state index in [2.05, 4.69) is 0 Å². The molecule has 3 N–H and O–H groups in total. The fraction of sp³-hybridized carbons (Fsp3) is 0.625. The van der Waals surface area contributed by atoms with Crippen molar-refractivity contribution in [3.63, 3.8) is 0 Å². The Hall–Kier alpha value is -0.990. The predicted molar refractivity (Wildman–Crippen MR) is 44.0 cm³/mol. The molecule has 0 rings (SSSR count). The maximum Gasteiger partial charge on any atom is 0.333 e. The number of hydrogen-bond donors (Lipinski definition) is 2. The summed E-state index contributed by atoms with van der Waals surface area (Å²) in [5.74, 6) is -0.918. The summed E-state index contributed by atoms with van der Waals surface area (Å²) in [4.78, 5) is 10.4. The molecule has 0 aromatic heterocycles. The molecule has 0 radical (unpaired) electrons. The van der Waals surface area contributed by atoms with E-state index < -0.39 is 5.97 Å². The van der Waals surface area contributed by atoms with Gasteiger partial charge in [-0.25, -0.2) is 4.79 Å². The topological polar surface area (TPSA) is 63.3 Å². The largest absolute Gasteiger partial charge is 0.478 e. The zero-order valence-corrected chi connectivity index (χ0v) is 7.05. The molecule has 0 heterocycles. The van der Waals surface area contributed by atoms with E-state index in [0.717, 1.165) is 12.8 Å². The Bertz CT molecular complexity index is 173. The van der Waals surface area contributed by atoms with Crippen LogP contribution in [0.1, 0.15) is 33.1 Å². The van der Waals surface area contributed by atoms with Gasteiger partial charge in [-0.3, -0.25) is 0 Å². The molecule has 64 valence electrons. The Balaban J connectivity index is 4.05. The Labute approximate surface area is 66.9 Å². The van der Waals surface area contributed by atoms with E-state index >= 15 is 0 Å². The average Bonchev–Trinajstić information content (AvgIpc) is 1.98. The Morgan fingerprint density at radius 1 is 1.55 bits per heavy atom. The van der Waals surface area contributed by atoms with Gasteiger partial charge in [0.2, 0.25) is 0 Å². The maximum atomic E-state index is 10.4. The lowest BCUT2D eigenvalue weighted by atomic mass is 10.1. The van der Waals surface area contributed by atoms with Gasteiger partial charge in [0.25, 0.3) is 0 Å². The van der Waals surface area contributed by atoms with Crippen LogP contribution in [0.15, 0.2) is 11.3 Å². The molecule has 0 fully saturated rings. The Morgan fingerprint density at radius 3 is 2.45 bits per heavy atom. The minimum atomic E-state index is -0.918. The molecule has 0 bridgehead atoms. The van der Waals surface area contributed by atoms with E-state index in [0.29, 0.717) is 12.1 Å². The zero-order chi connectivity index (χ0) is 8.85. The third kappa shape index (κ3) is 3.65. The molecule has 0 aliphatic heterocycles. The summed E-state index contributed by atoms with van der Waals surface area (Å²) < 4.78 is 0. The average molecular weight is 157 g/mol. The predicted octanol–water partition coefficient (Wildman–Crippen LogP) is 1.49. The fourth-order valence-electron chi connectivity index (χ4n) is 0.692. The van der Waals surface area contributed by atoms with Crippen LogP contribution < -0.4 is 5.73 Å². The second kappa shape index (κ2) is 4.77. The molecule has 0 aliphatic rings. The molecule has 11 heavy (non-hydrogen) atoms. The molecular weight excluding hydrogens is 142 g/mol.